The average molecular weight is 296 g/mol. The molecule has 0 radical (unpaired) electrons. The normalized spacial score (nSPS) is 11.8. The second-order valence-corrected chi connectivity index (χ2v) is 4.56. The predicted molar refractivity (Wildman–Crippen MR) is 80.7 cm³/mol. The van der Waals surface area contributed by atoms with Crippen LogP contribution in [0.1, 0.15) is 12.5 Å². The molecule has 1 rings (SSSR count). The summed E-state index contributed by atoms with van der Waals surface area (Å²) in [5, 5.41) is 2.74. The molecule has 0 aliphatic carbocycles. The summed E-state index contributed by atoms with van der Waals surface area (Å²) in [5.74, 6) is 1.21. The van der Waals surface area contributed by atoms with Gasteiger partial charge in [-0.05, 0) is 43.7 Å². The lowest BCUT2D eigenvalue weighted by Crippen LogP contribution is -2.38. The molecule has 1 atom stereocenters. The SMILES string of the molecule is COCCNC(=O)C(C)Oc1ccc(OC)cc1CCN. The summed E-state index contributed by atoms with van der Waals surface area (Å²) < 4.78 is 15.8. The smallest absolute Gasteiger partial charge is 0.260 e. The number of rotatable bonds is 9. The Bertz CT molecular complexity index is 451. The fraction of sp³-hybridized carbons (Fsp3) is 0.533. The van der Waals surface area contributed by atoms with E-state index in [0.29, 0.717) is 31.9 Å². The van der Waals surface area contributed by atoms with Crippen LogP contribution in [0.2, 0.25) is 0 Å². The Kier molecular flexibility index (Phi) is 7.56. The summed E-state index contributed by atoms with van der Waals surface area (Å²) in [4.78, 5) is 11.9. The Hall–Kier alpha value is -1.79. The highest BCUT2D eigenvalue weighted by atomic mass is 16.5. The average Bonchev–Trinajstić information content (AvgIpc) is 2.49. The maximum Gasteiger partial charge on any atom is 0.260 e. The molecule has 6 heteroatoms. The van der Waals surface area contributed by atoms with Crippen LogP contribution in [0.3, 0.4) is 0 Å². The van der Waals surface area contributed by atoms with Crippen LogP contribution < -0.4 is 20.5 Å². The fourth-order valence-corrected chi connectivity index (χ4v) is 1.81. The van der Waals surface area contributed by atoms with Crippen molar-refractivity contribution in [2.45, 2.75) is 19.4 Å². The van der Waals surface area contributed by atoms with Crippen molar-refractivity contribution in [1.82, 2.24) is 5.32 Å². The first kappa shape index (κ1) is 17.3. The van der Waals surface area contributed by atoms with Crippen molar-refractivity contribution in [1.29, 1.82) is 0 Å². The van der Waals surface area contributed by atoms with E-state index in [1.54, 1.807) is 33.3 Å². The highest BCUT2D eigenvalue weighted by Gasteiger charge is 2.16. The van der Waals surface area contributed by atoms with Gasteiger partial charge in [-0.25, -0.2) is 0 Å². The van der Waals surface area contributed by atoms with Gasteiger partial charge in [0.2, 0.25) is 0 Å². The largest absolute Gasteiger partial charge is 0.497 e. The second kappa shape index (κ2) is 9.20. The molecule has 1 aromatic rings. The monoisotopic (exact) mass is 296 g/mol. The molecule has 1 aromatic carbocycles. The second-order valence-electron chi connectivity index (χ2n) is 4.56. The van der Waals surface area contributed by atoms with Gasteiger partial charge in [-0.3, -0.25) is 4.79 Å². The van der Waals surface area contributed by atoms with E-state index in [1.165, 1.54) is 0 Å². The molecule has 0 saturated heterocycles. The van der Waals surface area contributed by atoms with E-state index < -0.39 is 6.10 Å². The minimum Gasteiger partial charge on any atom is -0.497 e. The summed E-state index contributed by atoms with van der Waals surface area (Å²) in [6.07, 6.45) is 0.0663. The molecule has 21 heavy (non-hydrogen) atoms. The molecule has 0 fully saturated rings. The molecule has 0 aromatic heterocycles. The van der Waals surface area contributed by atoms with Crippen molar-refractivity contribution in [2.75, 3.05) is 33.9 Å². The van der Waals surface area contributed by atoms with Gasteiger partial charge in [0, 0.05) is 13.7 Å². The summed E-state index contributed by atoms with van der Waals surface area (Å²) in [6, 6.07) is 5.46. The topological polar surface area (TPSA) is 82.8 Å². The Balaban J connectivity index is 2.69. The third kappa shape index (κ3) is 5.61. The van der Waals surface area contributed by atoms with Crippen LogP contribution in [0.5, 0.6) is 11.5 Å². The standard InChI is InChI=1S/C15H24N2O4/c1-11(15(18)17-8-9-19-2)21-14-5-4-13(20-3)10-12(14)6-7-16/h4-5,10-11H,6-9,16H2,1-3H3,(H,17,18). The lowest BCUT2D eigenvalue weighted by Gasteiger charge is -2.17. The molecule has 118 valence electrons. The molecule has 0 aliphatic rings. The summed E-state index contributed by atoms with van der Waals surface area (Å²) >= 11 is 0. The van der Waals surface area contributed by atoms with E-state index in [0.717, 1.165) is 11.3 Å². The van der Waals surface area contributed by atoms with Gasteiger partial charge >= 0.3 is 0 Å². The summed E-state index contributed by atoms with van der Waals surface area (Å²) in [5.41, 5.74) is 6.53. The van der Waals surface area contributed by atoms with Crippen molar-refractivity contribution in [2.24, 2.45) is 5.73 Å². The molecule has 0 heterocycles. The maximum absolute atomic E-state index is 11.9. The van der Waals surface area contributed by atoms with Gasteiger partial charge in [0.05, 0.1) is 13.7 Å². The molecular formula is C15H24N2O4. The number of carbonyl (C=O) groups is 1. The Morgan fingerprint density at radius 3 is 2.76 bits per heavy atom. The predicted octanol–water partition coefficient (Wildman–Crippen LogP) is 0.726. The van der Waals surface area contributed by atoms with E-state index in [1.807, 2.05) is 6.07 Å². The van der Waals surface area contributed by atoms with Gasteiger partial charge in [-0.2, -0.15) is 0 Å². The number of benzene rings is 1. The first-order valence-electron chi connectivity index (χ1n) is 6.92. The highest BCUT2D eigenvalue weighted by Crippen LogP contribution is 2.25. The summed E-state index contributed by atoms with van der Waals surface area (Å²) in [7, 11) is 3.19. The number of hydrogen-bond donors (Lipinski definition) is 2. The first-order chi connectivity index (χ1) is 10.1. The molecule has 1 unspecified atom stereocenters. The van der Waals surface area contributed by atoms with Crippen molar-refractivity contribution < 1.29 is 19.0 Å². The van der Waals surface area contributed by atoms with E-state index in [9.17, 15) is 4.79 Å². The lowest BCUT2D eigenvalue weighted by molar-refractivity contribution is -0.127. The van der Waals surface area contributed by atoms with Gasteiger partial charge in [0.25, 0.3) is 5.91 Å². The fourth-order valence-electron chi connectivity index (χ4n) is 1.81. The molecular weight excluding hydrogens is 272 g/mol. The number of nitrogens with two attached hydrogens (primary N) is 1. The van der Waals surface area contributed by atoms with E-state index >= 15 is 0 Å². The summed E-state index contributed by atoms with van der Waals surface area (Å²) in [6.45, 7) is 3.14. The lowest BCUT2D eigenvalue weighted by atomic mass is 10.1. The minimum absolute atomic E-state index is 0.179. The van der Waals surface area contributed by atoms with E-state index in [4.69, 9.17) is 19.9 Å². The molecule has 0 spiro atoms. The van der Waals surface area contributed by atoms with Gasteiger partial charge < -0.3 is 25.3 Å². The molecule has 3 N–H and O–H groups in total. The third-order valence-corrected chi connectivity index (χ3v) is 2.96. The number of carbonyl (C=O) groups excluding carboxylic acids is 1. The van der Waals surface area contributed by atoms with E-state index in [-0.39, 0.29) is 5.91 Å². The van der Waals surface area contributed by atoms with Gasteiger partial charge in [0.1, 0.15) is 11.5 Å². The zero-order valence-corrected chi connectivity index (χ0v) is 12.8. The van der Waals surface area contributed by atoms with Crippen molar-refractivity contribution >= 4 is 5.91 Å². The maximum atomic E-state index is 11.9. The van der Waals surface area contributed by atoms with Gasteiger partial charge in [-0.15, -0.1) is 0 Å². The molecule has 0 aliphatic heterocycles. The number of amides is 1. The Morgan fingerprint density at radius 1 is 1.38 bits per heavy atom. The van der Waals surface area contributed by atoms with Crippen LogP contribution in [0.4, 0.5) is 0 Å². The molecule has 6 nitrogen and oxygen atoms in total. The van der Waals surface area contributed by atoms with Crippen molar-refractivity contribution in [3.63, 3.8) is 0 Å². The van der Waals surface area contributed by atoms with Crippen LogP contribution >= 0.6 is 0 Å². The zero-order chi connectivity index (χ0) is 15.7. The first-order valence-corrected chi connectivity index (χ1v) is 6.92. The van der Waals surface area contributed by atoms with Gasteiger partial charge in [-0.1, -0.05) is 0 Å². The van der Waals surface area contributed by atoms with Crippen LogP contribution in [-0.4, -0.2) is 45.9 Å². The highest BCUT2D eigenvalue weighted by molar-refractivity contribution is 5.80. The van der Waals surface area contributed by atoms with Gasteiger partial charge in [0.15, 0.2) is 6.10 Å². The number of nitrogens with one attached hydrogen (secondary N) is 1. The van der Waals surface area contributed by atoms with Crippen molar-refractivity contribution in [3.8, 4) is 11.5 Å². The van der Waals surface area contributed by atoms with Crippen LogP contribution in [-0.2, 0) is 16.0 Å². The van der Waals surface area contributed by atoms with Crippen molar-refractivity contribution in [3.05, 3.63) is 23.8 Å². The van der Waals surface area contributed by atoms with E-state index in [2.05, 4.69) is 5.32 Å². The Morgan fingerprint density at radius 2 is 2.14 bits per heavy atom. The van der Waals surface area contributed by atoms with Crippen LogP contribution in [0.15, 0.2) is 18.2 Å². The molecule has 0 saturated carbocycles. The number of ether oxygens (including phenoxy) is 3. The van der Waals surface area contributed by atoms with Crippen LogP contribution in [0, 0.1) is 0 Å². The molecule has 1 amide bonds. The minimum atomic E-state index is -0.591. The zero-order valence-electron chi connectivity index (χ0n) is 12.8. The quantitative estimate of drug-likeness (QED) is 0.656. The molecule has 0 bridgehead atoms. The number of methoxy groups -OCH3 is 2. The Labute approximate surface area is 125 Å². The third-order valence-electron chi connectivity index (χ3n) is 2.96. The van der Waals surface area contributed by atoms with Crippen LogP contribution in [0.25, 0.3) is 0 Å². The number of hydrogen-bond acceptors (Lipinski definition) is 5.